The van der Waals surface area contributed by atoms with Crippen LogP contribution in [0.1, 0.15) is 13.3 Å². The van der Waals surface area contributed by atoms with Gasteiger partial charge in [0.15, 0.2) is 0 Å². The maximum absolute atomic E-state index is 11.9. The minimum absolute atomic E-state index is 0.263. The molecule has 1 amide bonds. The number of hydrogen-bond donors (Lipinski definition) is 2. The first-order valence-corrected chi connectivity index (χ1v) is 4.47. The van der Waals surface area contributed by atoms with E-state index in [1.54, 1.807) is 6.92 Å². The maximum Gasteiger partial charge on any atom is 0.471 e. The molecule has 0 radical (unpaired) electrons. The lowest BCUT2D eigenvalue weighted by Gasteiger charge is -2.21. The predicted molar refractivity (Wildman–Crippen MR) is 49.6 cm³/mol. The van der Waals surface area contributed by atoms with E-state index in [1.807, 2.05) is 0 Å². The summed E-state index contributed by atoms with van der Waals surface area (Å²) in [6, 6.07) is -1.61. The van der Waals surface area contributed by atoms with E-state index >= 15 is 0 Å². The second kappa shape index (κ2) is 5.53. The molecule has 4 nitrogen and oxygen atoms in total. The average molecular weight is 239 g/mol. The predicted octanol–water partition coefficient (Wildman–Crippen LogP) is 1.33. The number of amides is 1. The van der Waals surface area contributed by atoms with Crippen LogP contribution in [0.2, 0.25) is 0 Å². The van der Waals surface area contributed by atoms with Crippen LogP contribution in [0.25, 0.3) is 0 Å². The molecule has 0 aromatic rings. The molecule has 16 heavy (non-hydrogen) atoms. The van der Waals surface area contributed by atoms with Gasteiger partial charge in [0.25, 0.3) is 0 Å². The Balaban J connectivity index is 4.77. The van der Waals surface area contributed by atoms with Crippen molar-refractivity contribution in [3.8, 4) is 0 Å². The molecule has 0 aliphatic heterocycles. The Morgan fingerprint density at radius 2 is 2.00 bits per heavy atom. The maximum atomic E-state index is 11.9. The van der Waals surface area contributed by atoms with Crippen LogP contribution in [0.15, 0.2) is 12.7 Å². The summed E-state index contributed by atoms with van der Waals surface area (Å²) in [6.45, 7) is 4.89. The van der Waals surface area contributed by atoms with Crippen LogP contribution >= 0.6 is 0 Å². The number of carboxylic acids is 1. The lowest BCUT2D eigenvalue weighted by molar-refractivity contribution is -0.175. The molecule has 0 aromatic carbocycles. The zero-order chi connectivity index (χ0) is 12.9. The number of carboxylic acid groups (broad SMARTS) is 1. The molecule has 0 unspecified atom stereocenters. The Morgan fingerprint density at radius 1 is 1.50 bits per heavy atom. The molecule has 2 atom stereocenters. The Hall–Kier alpha value is -1.53. The fourth-order valence-corrected chi connectivity index (χ4v) is 1.11. The van der Waals surface area contributed by atoms with Gasteiger partial charge in [-0.15, -0.1) is 6.58 Å². The lowest BCUT2D eigenvalue weighted by Crippen LogP contribution is -2.49. The molecule has 0 saturated carbocycles. The fraction of sp³-hybridized carbons (Fsp3) is 0.556. The van der Waals surface area contributed by atoms with Gasteiger partial charge >= 0.3 is 18.1 Å². The van der Waals surface area contributed by atoms with Crippen LogP contribution in [0.3, 0.4) is 0 Å². The molecule has 2 N–H and O–H groups in total. The van der Waals surface area contributed by atoms with Gasteiger partial charge in [0.2, 0.25) is 0 Å². The molecular formula is C9H12F3NO3. The van der Waals surface area contributed by atoms with Crippen LogP contribution in [0.5, 0.6) is 0 Å². The van der Waals surface area contributed by atoms with Gasteiger partial charge in [0.05, 0.1) is 0 Å². The van der Waals surface area contributed by atoms with Gasteiger partial charge < -0.3 is 10.4 Å². The van der Waals surface area contributed by atoms with Gasteiger partial charge in [-0.1, -0.05) is 13.0 Å². The number of carbonyl (C=O) groups is 2. The number of halogens is 3. The summed E-state index contributed by atoms with van der Waals surface area (Å²) in [5, 5.41) is 10.1. The van der Waals surface area contributed by atoms with Gasteiger partial charge in [-0.3, -0.25) is 4.79 Å². The largest absolute Gasteiger partial charge is 0.480 e. The lowest BCUT2D eigenvalue weighted by atomic mass is 9.97. The summed E-state index contributed by atoms with van der Waals surface area (Å²) in [7, 11) is 0. The normalized spacial score (nSPS) is 15.0. The molecule has 7 heteroatoms. The van der Waals surface area contributed by atoms with Crippen LogP contribution in [0.4, 0.5) is 13.2 Å². The number of carbonyl (C=O) groups excluding carboxylic acids is 1. The monoisotopic (exact) mass is 239 g/mol. The second-order valence-corrected chi connectivity index (χ2v) is 3.09. The van der Waals surface area contributed by atoms with E-state index in [0.717, 1.165) is 0 Å². The zero-order valence-electron chi connectivity index (χ0n) is 8.54. The van der Waals surface area contributed by atoms with Crippen LogP contribution in [-0.4, -0.2) is 29.2 Å². The average Bonchev–Trinajstić information content (AvgIpc) is 2.15. The third-order valence-corrected chi connectivity index (χ3v) is 2.01. The Morgan fingerprint density at radius 3 is 2.25 bits per heavy atom. The van der Waals surface area contributed by atoms with Gasteiger partial charge in [-0.25, -0.2) is 4.79 Å². The summed E-state index contributed by atoms with van der Waals surface area (Å²) >= 11 is 0. The molecule has 0 aliphatic rings. The van der Waals surface area contributed by atoms with E-state index in [4.69, 9.17) is 5.11 Å². The highest BCUT2D eigenvalue weighted by Gasteiger charge is 2.41. The minimum Gasteiger partial charge on any atom is -0.480 e. The number of nitrogens with one attached hydrogen (secondary N) is 1. The quantitative estimate of drug-likeness (QED) is 0.711. The molecule has 0 aromatic heterocycles. The van der Waals surface area contributed by atoms with Crippen molar-refractivity contribution in [2.24, 2.45) is 5.92 Å². The highest BCUT2D eigenvalue weighted by Crippen LogP contribution is 2.17. The van der Waals surface area contributed by atoms with Crippen molar-refractivity contribution in [1.82, 2.24) is 5.32 Å². The Bertz CT molecular complexity index is 288. The summed E-state index contributed by atoms with van der Waals surface area (Å²) < 4.78 is 35.7. The molecule has 92 valence electrons. The van der Waals surface area contributed by atoms with Gasteiger partial charge in [0, 0.05) is 5.92 Å². The number of alkyl halides is 3. The molecule has 0 spiro atoms. The first-order valence-electron chi connectivity index (χ1n) is 4.47. The van der Waals surface area contributed by atoms with Crippen molar-refractivity contribution < 1.29 is 27.9 Å². The Labute approximate surface area is 90.1 Å². The SMILES string of the molecule is C=C[C@H](CC)[C@@H](NC(=O)C(F)(F)F)C(=O)O. The highest BCUT2D eigenvalue weighted by molar-refractivity contribution is 5.87. The van der Waals surface area contributed by atoms with Crippen molar-refractivity contribution in [3.05, 3.63) is 12.7 Å². The van der Waals surface area contributed by atoms with Crippen molar-refractivity contribution in [2.45, 2.75) is 25.6 Å². The topological polar surface area (TPSA) is 66.4 Å². The number of aliphatic carboxylic acids is 1. The van der Waals surface area contributed by atoms with Crippen LogP contribution < -0.4 is 5.32 Å². The third-order valence-electron chi connectivity index (χ3n) is 2.01. The number of rotatable bonds is 5. The molecule has 0 saturated heterocycles. The minimum atomic E-state index is -5.09. The van der Waals surface area contributed by atoms with Crippen molar-refractivity contribution in [2.75, 3.05) is 0 Å². The Kier molecular flexibility index (Phi) is 5.00. The highest BCUT2D eigenvalue weighted by atomic mass is 19.4. The summed E-state index contributed by atoms with van der Waals surface area (Å²) in [4.78, 5) is 21.3. The van der Waals surface area contributed by atoms with Crippen LogP contribution in [0, 0.1) is 5.92 Å². The number of hydrogen-bond acceptors (Lipinski definition) is 2. The van der Waals surface area contributed by atoms with Crippen molar-refractivity contribution >= 4 is 11.9 Å². The first-order chi connectivity index (χ1) is 7.23. The molecule has 0 aliphatic carbocycles. The van der Waals surface area contributed by atoms with Crippen LogP contribution in [-0.2, 0) is 9.59 Å². The van der Waals surface area contributed by atoms with E-state index in [-0.39, 0.29) is 6.42 Å². The summed E-state index contributed by atoms with van der Waals surface area (Å²) in [5.74, 6) is -4.53. The summed E-state index contributed by atoms with van der Waals surface area (Å²) in [5.41, 5.74) is 0. The van der Waals surface area contributed by atoms with Gasteiger partial charge in [-0.2, -0.15) is 13.2 Å². The van der Waals surface area contributed by atoms with Gasteiger partial charge in [0.1, 0.15) is 6.04 Å². The van der Waals surface area contributed by atoms with Crippen molar-refractivity contribution in [3.63, 3.8) is 0 Å². The molecular weight excluding hydrogens is 227 g/mol. The molecule has 0 rings (SSSR count). The fourth-order valence-electron chi connectivity index (χ4n) is 1.11. The van der Waals surface area contributed by atoms with E-state index in [1.165, 1.54) is 11.4 Å². The molecule has 0 heterocycles. The standard InChI is InChI=1S/C9H12F3NO3/c1-3-5(4-2)6(7(14)15)13-8(16)9(10,11)12/h3,5-6H,1,4H2,2H3,(H,13,16)(H,14,15)/t5-,6-/m1/s1. The second-order valence-electron chi connectivity index (χ2n) is 3.09. The van der Waals surface area contributed by atoms with E-state index in [9.17, 15) is 22.8 Å². The zero-order valence-corrected chi connectivity index (χ0v) is 8.54. The first kappa shape index (κ1) is 14.5. The van der Waals surface area contributed by atoms with E-state index in [0.29, 0.717) is 0 Å². The smallest absolute Gasteiger partial charge is 0.471 e. The van der Waals surface area contributed by atoms with Gasteiger partial charge in [-0.05, 0) is 6.42 Å². The van der Waals surface area contributed by atoms with E-state index in [2.05, 4.69) is 6.58 Å². The molecule has 0 fully saturated rings. The third kappa shape index (κ3) is 3.92. The van der Waals surface area contributed by atoms with E-state index < -0.39 is 30.0 Å². The molecule has 0 bridgehead atoms. The van der Waals surface area contributed by atoms with Crippen molar-refractivity contribution in [1.29, 1.82) is 0 Å². The summed E-state index contributed by atoms with van der Waals surface area (Å²) in [6.07, 6.45) is -3.62.